The SMILES string of the molecule is N#CC1=C(N)Oc2nc[nH]c(=O)c2[C@H]1c1ccc(Cl)c(Cl)c1. The van der Waals surface area contributed by atoms with E-state index in [2.05, 4.69) is 9.97 Å². The lowest BCUT2D eigenvalue weighted by Gasteiger charge is -2.24. The zero-order chi connectivity index (χ0) is 15.9. The Hall–Kier alpha value is -2.49. The van der Waals surface area contributed by atoms with Gasteiger partial charge in [0.1, 0.15) is 11.6 Å². The minimum atomic E-state index is -0.721. The third-order valence-electron chi connectivity index (χ3n) is 3.30. The summed E-state index contributed by atoms with van der Waals surface area (Å²) in [6, 6.07) is 6.82. The molecule has 0 aliphatic carbocycles. The number of rotatable bonds is 1. The Morgan fingerprint density at radius 3 is 2.82 bits per heavy atom. The normalized spacial score (nSPS) is 16.7. The molecule has 22 heavy (non-hydrogen) atoms. The molecule has 110 valence electrons. The zero-order valence-corrected chi connectivity index (χ0v) is 12.4. The van der Waals surface area contributed by atoms with Gasteiger partial charge < -0.3 is 15.5 Å². The molecule has 1 aliphatic heterocycles. The van der Waals surface area contributed by atoms with Gasteiger partial charge in [0.15, 0.2) is 0 Å². The topological polar surface area (TPSA) is 105 Å². The maximum atomic E-state index is 12.2. The van der Waals surface area contributed by atoms with Crippen molar-refractivity contribution >= 4 is 23.2 Å². The number of ether oxygens (including phenoxy) is 1. The highest BCUT2D eigenvalue weighted by molar-refractivity contribution is 6.42. The molecule has 0 bridgehead atoms. The van der Waals surface area contributed by atoms with Crippen LogP contribution in [0.4, 0.5) is 0 Å². The van der Waals surface area contributed by atoms with Crippen molar-refractivity contribution in [1.29, 1.82) is 5.26 Å². The summed E-state index contributed by atoms with van der Waals surface area (Å²) in [7, 11) is 0. The molecule has 1 atom stereocenters. The predicted molar refractivity (Wildman–Crippen MR) is 80.6 cm³/mol. The van der Waals surface area contributed by atoms with E-state index >= 15 is 0 Å². The molecule has 3 rings (SSSR count). The summed E-state index contributed by atoms with van der Waals surface area (Å²) in [6.07, 6.45) is 1.21. The number of nitriles is 1. The summed E-state index contributed by atoms with van der Waals surface area (Å²) in [5.74, 6) is -0.749. The second-order valence-electron chi connectivity index (χ2n) is 4.55. The van der Waals surface area contributed by atoms with Crippen molar-refractivity contribution in [3.63, 3.8) is 0 Å². The van der Waals surface area contributed by atoms with Crippen LogP contribution in [0.25, 0.3) is 0 Å². The molecule has 6 nitrogen and oxygen atoms in total. The van der Waals surface area contributed by atoms with E-state index < -0.39 is 11.5 Å². The van der Waals surface area contributed by atoms with E-state index in [1.54, 1.807) is 18.2 Å². The van der Waals surface area contributed by atoms with E-state index in [9.17, 15) is 10.1 Å². The number of aromatic amines is 1. The van der Waals surface area contributed by atoms with Crippen LogP contribution in [0.3, 0.4) is 0 Å². The Kier molecular flexibility index (Phi) is 3.53. The van der Waals surface area contributed by atoms with Crippen molar-refractivity contribution in [1.82, 2.24) is 9.97 Å². The molecule has 2 heterocycles. The maximum absolute atomic E-state index is 12.2. The summed E-state index contributed by atoms with van der Waals surface area (Å²) in [5.41, 5.74) is 6.27. The van der Waals surface area contributed by atoms with Gasteiger partial charge in [0, 0.05) is 0 Å². The van der Waals surface area contributed by atoms with Gasteiger partial charge in [0.25, 0.3) is 5.56 Å². The van der Waals surface area contributed by atoms with Gasteiger partial charge >= 0.3 is 0 Å². The van der Waals surface area contributed by atoms with E-state index in [1.807, 2.05) is 6.07 Å². The lowest BCUT2D eigenvalue weighted by atomic mass is 9.85. The number of aromatic nitrogens is 2. The Balaban J connectivity index is 2.30. The first-order chi connectivity index (χ1) is 10.5. The van der Waals surface area contributed by atoms with Gasteiger partial charge in [-0.2, -0.15) is 5.26 Å². The van der Waals surface area contributed by atoms with Crippen LogP contribution in [-0.4, -0.2) is 9.97 Å². The van der Waals surface area contributed by atoms with Crippen molar-refractivity contribution in [3.8, 4) is 11.9 Å². The highest BCUT2D eigenvalue weighted by Gasteiger charge is 2.34. The van der Waals surface area contributed by atoms with Crippen molar-refractivity contribution in [2.24, 2.45) is 5.73 Å². The van der Waals surface area contributed by atoms with Crippen molar-refractivity contribution in [3.05, 3.63) is 67.5 Å². The van der Waals surface area contributed by atoms with Crippen LogP contribution in [0, 0.1) is 11.3 Å². The number of nitrogens with two attached hydrogens (primary N) is 1. The molecule has 2 aromatic rings. The largest absolute Gasteiger partial charge is 0.422 e. The summed E-state index contributed by atoms with van der Waals surface area (Å²) >= 11 is 11.9. The zero-order valence-electron chi connectivity index (χ0n) is 10.9. The van der Waals surface area contributed by atoms with Crippen LogP contribution >= 0.6 is 23.2 Å². The van der Waals surface area contributed by atoms with E-state index in [0.29, 0.717) is 15.6 Å². The molecule has 0 amide bonds. The van der Waals surface area contributed by atoms with E-state index in [-0.39, 0.29) is 22.9 Å². The van der Waals surface area contributed by atoms with Crippen molar-refractivity contribution in [2.75, 3.05) is 0 Å². The number of hydrogen-bond acceptors (Lipinski definition) is 5. The molecule has 0 saturated heterocycles. The van der Waals surface area contributed by atoms with Gasteiger partial charge in [-0.3, -0.25) is 4.79 Å². The van der Waals surface area contributed by atoms with E-state index in [1.165, 1.54) is 6.33 Å². The minimum absolute atomic E-state index is 0.0660. The molecule has 0 saturated carbocycles. The first-order valence-corrected chi connectivity index (χ1v) is 6.88. The summed E-state index contributed by atoms with van der Waals surface area (Å²) in [4.78, 5) is 18.6. The van der Waals surface area contributed by atoms with Crippen molar-refractivity contribution < 1.29 is 4.74 Å². The molecule has 1 aromatic heterocycles. The Morgan fingerprint density at radius 1 is 1.36 bits per heavy atom. The van der Waals surface area contributed by atoms with Crippen LogP contribution < -0.4 is 16.0 Å². The van der Waals surface area contributed by atoms with Gasteiger partial charge in [-0.05, 0) is 17.7 Å². The van der Waals surface area contributed by atoms with Crippen LogP contribution in [0.1, 0.15) is 17.0 Å². The van der Waals surface area contributed by atoms with Crippen LogP contribution in [0.5, 0.6) is 5.88 Å². The molecule has 8 heteroatoms. The Labute approximate surface area is 134 Å². The molecule has 1 aromatic carbocycles. The number of nitrogens with zero attached hydrogens (tertiary/aromatic N) is 2. The maximum Gasteiger partial charge on any atom is 0.258 e. The summed E-state index contributed by atoms with van der Waals surface area (Å²) in [5, 5.41) is 10.1. The van der Waals surface area contributed by atoms with Crippen LogP contribution in [0.15, 0.2) is 40.8 Å². The van der Waals surface area contributed by atoms with Gasteiger partial charge in [0.05, 0.1) is 27.9 Å². The summed E-state index contributed by atoms with van der Waals surface area (Å²) in [6.45, 7) is 0. The Bertz CT molecular complexity index is 898. The quantitative estimate of drug-likeness (QED) is 0.832. The standard InChI is InChI=1S/C14H8Cl2N4O2/c15-8-2-1-6(3-9(8)16)10-7(4-17)12(18)22-14-11(10)13(21)19-5-20-14/h1-3,5,10H,18H2,(H,19,20,21)/t10-/m0/s1. The first kappa shape index (κ1) is 14.4. The molecule has 1 aliphatic rings. The molecular weight excluding hydrogens is 327 g/mol. The lowest BCUT2D eigenvalue weighted by molar-refractivity contribution is 0.375. The number of nitrogens with one attached hydrogen (secondary N) is 1. The van der Waals surface area contributed by atoms with E-state index in [4.69, 9.17) is 33.7 Å². The summed E-state index contributed by atoms with van der Waals surface area (Å²) < 4.78 is 5.27. The van der Waals surface area contributed by atoms with Crippen LogP contribution in [0.2, 0.25) is 10.0 Å². The molecule has 0 unspecified atom stereocenters. The fourth-order valence-electron chi connectivity index (χ4n) is 2.32. The predicted octanol–water partition coefficient (Wildman–Crippen LogP) is 2.29. The van der Waals surface area contributed by atoms with Gasteiger partial charge in [-0.15, -0.1) is 0 Å². The highest BCUT2D eigenvalue weighted by atomic mass is 35.5. The average molecular weight is 335 g/mol. The number of fused-ring (bicyclic) bond motifs is 1. The molecule has 3 N–H and O–H groups in total. The minimum Gasteiger partial charge on any atom is -0.422 e. The highest BCUT2D eigenvalue weighted by Crippen LogP contribution is 2.40. The number of H-pyrrole nitrogens is 1. The van der Waals surface area contributed by atoms with Crippen molar-refractivity contribution in [2.45, 2.75) is 5.92 Å². The number of halogens is 2. The van der Waals surface area contributed by atoms with Crippen LogP contribution in [-0.2, 0) is 0 Å². The second kappa shape index (κ2) is 5.37. The first-order valence-electron chi connectivity index (χ1n) is 6.13. The third-order valence-corrected chi connectivity index (χ3v) is 4.04. The fourth-order valence-corrected chi connectivity index (χ4v) is 2.63. The number of benzene rings is 1. The fraction of sp³-hybridized carbons (Fsp3) is 0.0714. The molecule has 0 fully saturated rings. The number of hydrogen-bond donors (Lipinski definition) is 2. The molecule has 0 spiro atoms. The third kappa shape index (κ3) is 2.21. The Morgan fingerprint density at radius 2 is 2.14 bits per heavy atom. The smallest absolute Gasteiger partial charge is 0.258 e. The lowest BCUT2D eigenvalue weighted by Crippen LogP contribution is -2.28. The second-order valence-corrected chi connectivity index (χ2v) is 5.36. The van der Waals surface area contributed by atoms with Gasteiger partial charge in [-0.25, -0.2) is 4.98 Å². The van der Waals surface area contributed by atoms with E-state index in [0.717, 1.165) is 0 Å². The van der Waals surface area contributed by atoms with Gasteiger partial charge in [0.2, 0.25) is 11.8 Å². The van der Waals surface area contributed by atoms with Gasteiger partial charge in [-0.1, -0.05) is 29.3 Å². The monoisotopic (exact) mass is 334 g/mol. The average Bonchev–Trinajstić information content (AvgIpc) is 2.49. The molecular formula is C14H8Cl2N4O2. The number of allylic oxidation sites excluding steroid dienone is 1. The molecule has 0 radical (unpaired) electrons.